The number of benzene rings is 1. The van der Waals surface area contributed by atoms with Gasteiger partial charge in [0.1, 0.15) is 5.60 Å². The molecule has 1 aromatic rings. The Morgan fingerprint density at radius 1 is 1.26 bits per heavy atom. The van der Waals surface area contributed by atoms with E-state index >= 15 is 0 Å². The maximum atomic E-state index is 12.0. The van der Waals surface area contributed by atoms with Crippen molar-refractivity contribution in [3.05, 3.63) is 29.8 Å². The van der Waals surface area contributed by atoms with Crippen molar-refractivity contribution in [3.8, 4) is 0 Å². The summed E-state index contributed by atoms with van der Waals surface area (Å²) in [5.41, 5.74) is -0.244. The van der Waals surface area contributed by atoms with Gasteiger partial charge in [-0.1, -0.05) is 17.7 Å². The Morgan fingerprint density at radius 3 is 2.26 bits per heavy atom. The van der Waals surface area contributed by atoms with Crippen LogP contribution in [-0.4, -0.2) is 26.5 Å². The topological polar surface area (TPSA) is 72.5 Å². The number of amides is 1. The van der Waals surface area contributed by atoms with Crippen LogP contribution in [0.3, 0.4) is 0 Å². The third-order valence-electron chi connectivity index (χ3n) is 2.61. The highest BCUT2D eigenvalue weighted by molar-refractivity contribution is 7.90. The maximum absolute atomic E-state index is 12.0. The maximum Gasteiger partial charge on any atom is 0.265 e. The van der Waals surface area contributed by atoms with Crippen LogP contribution >= 0.6 is 0 Å². The van der Waals surface area contributed by atoms with Crippen molar-refractivity contribution in [1.82, 2.24) is 4.72 Å². The van der Waals surface area contributed by atoms with Gasteiger partial charge < -0.3 is 4.74 Å². The molecule has 19 heavy (non-hydrogen) atoms. The zero-order chi connectivity index (χ0) is 14.7. The van der Waals surface area contributed by atoms with Crippen LogP contribution in [0.1, 0.15) is 26.3 Å². The Morgan fingerprint density at radius 2 is 1.79 bits per heavy atom. The summed E-state index contributed by atoms with van der Waals surface area (Å²) >= 11 is 0. The van der Waals surface area contributed by atoms with Gasteiger partial charge in [0, 0.05) is 6.61 Å². The van der Waals surface area contributed by atoms with E-state index in [1.165, 1.54) is 26.0 Å². The number of carbonyl (C=O) groups excluding carboxylic acids is 1. The molecule has 0 radical (unpaired) electrons. The third-order valence-corrected chi connectivity index (χ3v) is 3.96. The van der Waals surface area contributed by atoms with E-state index in [-0.39, 0.29) is 4.90 Å². The molecule has 0 aliphatic carbocycles. The minimum Gasteiger partial charge on any atom is -0.366 e. The fourth-order valence-electron chi connectivity index (χ4n) is 1.45. The summed E-state index contributed by atoms with van der Waals surface area (Å²) in [4.78, 5) is 11.9. The van der Waals surface area contributed by atoms with Crippen LogP contribution in [0.2, 0.25) is 0 Å². The van der Waals surface area contributed by atoms with E-state index in [2.05, 4.69) is 0 Å². The van der Waals surface area contributed by atoms with Gasteiger partial charge in [-0.2, -0.15) is 0 Å². The zero-order valence-electron chi connectivity index (χ0n) is 11.6. The van der Waals surface area contributed by atoms with Crippen LogP contribution in [0.4, 0.5) is 0 Å². The summed E-state index contributed by atoms with van der Waals surface area (Å²) in [6.45, 7) is 6.97. The third kappa shape index (κ3) is 4.04. The van der Waals surface area contributed by atoms with Crippen LogP contribution in [0.15, 0.2) is 29.2 Å². The van der Waals surface area contributed by atoms with Gasteiger partial charge in [0.15, 0.2) is 0 Å². The molecule has 0 aliphatic heterocycles. The molecule has 0 heterocycles. The fourth-order valence-corrected chi connectivity index (χ4v) is 2.55. The molecule has 1 aromatic carbocycles. The molecule has 5 nitrogen and oxygen atoms in total. The van der Waals surface area contributed by atoms with E-state index in [0.717, 1.165) is 5.56 Å². The Balaban J connectivity index is 2.92. The van der Waals surface area contributed by atoms with Crippen molar-refractivity contribution in [2.45, 2.75) is 38.2 Å². The van der Waals surface area contributed by atoms with E-state index < -0.39 is 21.5 Å². The van der Waals surface area contributed by atoms with Crippen LogP contribution in [0.5, 0.6) is 0 Å². The Hall–Kier alpha value is -1.40. The summed E-state index contributed by atoms with van der Waals surface area (Å²) in [6, 6.07) is 6.26. The van der Waals surface area contributed by atoms with E-state index in [9.17, 15) is 13.2 Å². The molecular formula is C13H19NO4S. The summed E-state index contributed by atoms with van der Waals surface area (Å²) in [5, 5.41) is 0. The standard InChI is InChI=1S/C13H19NO4S/c1-5-18-13(3,4)12(15)14-19(16,17)11-8-6-10(2)7-9-11/h6-9H,5H2,1-4H3,(H,14,15). The van der Waals surface area contributed by atoms with Crippen molar-refractivity contribution >= 4 is 15.9 Å². The van der Waals surface area contributed by atoms with Gasteiger partial charge >= 0.3 is 0 Å². The molecule has 1 rings (SSSR count). The summed E-state index contributed by atoms with van der Waals surface area (Å²) < 4.78 is 31.3. The zero-order valence-corrected chi connectivity index (χ0v) is 12.4. The summed E-state index contributed by atoms with van der Waals surface area (Å²) in [5.74, 6) is -0.685. The molecule has 0 fully saturated rings. The number of carbonyl (C=O) groups is 1. The lowest BCUT2D eigenvalue weighted by atomic mass is 10.1. The summed E-state index contributed by atoms with van der Waals surface area (Å²) in [6.07, 6.45) is 0. The van der Waals surface area contributed by atoms with Gasteiger partial charge in [-0.15, -0.1) is 0 Å². The number of sulfonamides is 1. The molecule has 1 N–H and O–H groups in total. The molecule has 0 aromatic heterocycles. The van der Waals surface area contributed by atoms with Gasteiger partial charge in [0.2, 0.25) is 0 Å². The highest BCUT2D eigenvalue weighted by Gasteiger charge is 2.31. The molecule has 0 atom stereocenters. The Bertz CT molecular complexity index is 547. The number of nitrogens with one attached hydrogen (secondary N) is 1. The van der Waals surface area contributed by atoms with E-state index in [1.807, 2.05) is 11.6 Å². The van der Waals surface area contributed by atoms with Gasteiger partial charge in [0.25, 0.3) is 15.9 Å². The fraction of sp³-hybridized carbons (Fsp3) is 0.462. The molecule has 0 aliphatic rings. The first-order valence-electron chi connectivity index (χ1n) is 5.97. The number of aryl methyl sites for hydroxylation is 1. The average Bonchev–Trinajstić information content (AvgIpc) is 2.28. The monoisotopic (exact) mass is 285 g/mol. The van der Waals surface area contributed by atoms with Crippen molar-refractivity contribution in [1.29, 1.82) is 0 Å². The first-order valence-corrected chi connectivity index (χ1v) is 7.45. The molecule has 1 amide bonds. The first-order chi connectivity index (χ1) is 8.69. The van der Waals surface area contributed by atoms with Crippen molar-refractivity contribution < 1.29 is 17.9 Å². The van der Waals surface area contributed by atoms with E-state index in [4.69, 9.17) is 4.74 Å². The SMILES string of the molecule is CCOC(C)(C)C(=O)NS(=O)(=O)c1ccc(C)cc1. The molecular weight excluding hydrogens is 266 g/mol. The van der Waals surface area contributed by atoms with Crippen molar-refractivity contribution in [2.24, 2.45) is 0 Å². The molecule has 106 valence electrons. The lowest BCUT2D eigenvalue weighted by molar-refractivity contribution is -0.140. The normalized spacial score (nSPS) is 12.2. The predicted molar refractivity (Wildman–Crippen MR) is 72.2 cm³/mol. The quantitative estimate of drug-likeness (QED) is 0.892. The Kier molecular flexibility index (Phi) is 4.70. The first kappa shape index (κ1) is 15.7. The van der Waals surface area contributed by atoms with Crippen molar-refractivity contribution in [3.63, 3.8) is 0 Å². The number of hydrogen-bond donors (Lipinski definition) is 1. The smallest absolute Gasteiger partial charge is 0.265 e. The number of ether oxygens (including phenoxy) is 1. The highest BCUT2D eigenvalue weighted by Crippen LogP contribution is 2.13. The molecule has 0 saturated carbocycles. The van der Waals surface area contributed by atoms with Crippen LogP contribution in [-0.2, 0) is 19.6 Å². The minimum absolute atomic E-state index is 0.0544. The molecule has 0 unspecified atom stereocenters. The molecule has 0 spiro atoms. The lowest BCUT2D eigenvalue weighted by Gasteiger charge is -2.23. The van der Waals surface area contributed by atoms with Gasteiger partial charge in [-0.25, -0.2) is 13.1 Å². The summed E-state index contributed by atoms with van der Waals surface area (Å²) in [7, 11) is -3.86. The minimum atomic E-state index is -3.86. The average molecular weight is 285 g/mol. The van der Waals surface area contributed by atoms with Crippen LogP contribution in [0, 0.1) is 6.92 Å². The number of rotatable bonds is 5. The molecule has 0 saturated heterocycles. The predicted octanol–water partition coefficient (Wildman–Crippen LogP) is 1.62. The van der Waals surface area contributed by atoms with Gasteiger partial charge in [-0.05, 0) is 39.8 Å². The van der Waals surface area contributed by atoms with Gasteiger partial charge in [0.05, 0.1) is 4.90 Å². The largest absolute Gasteiger partial charge is 0.366 e. The highest BCUT2D eigenvalue weighted by atomic mass is 32.2. The molecule has 0 bridgehead atoms. The second-order valence-electron chi connectivity index (χ2n) is 4.69. The van der Waals surface area contributed by atoms with Crippen molar-refractivity contribution in [2.75, 3.05) is 6.61 Å². The second-order valence-corrected chi connectivity index (χ2v) is 6.37. The molecule has 6 heteroatoms. The second kappa shape index (κ2) is 5.71. The number of hydrogen-bond acceptors (Lipinski definition) is 4. The van der Waals surface area contributed by atoms with Crippen LogP contribution in [0.25, 0.3) is 0 Å². The van der Waals surface area contributed by atoms with E-state index in [1.54, 1.807) is 19.1 Å². The lowest BCUT2D eigenvalue weighted by Crippen LogP contribution is -2.46. The Labute approximate surface area is 114 Å². The van der Waals surface area contributed by atoms with Gasteiger partial charge in [-0.3, -0.25) is 4.79 Å². The van der Waals surface area contributed by atoms with Crippen LogP contribution < -0.4 is 4.72 Å². The van der Waals surface area contributed by atoms with E-state index in [0.29, 0.717) is 6.61 Å².